The van der Waals surface area contributed by atoms with E-state index in [1.165, 1.54) is 11.0 Å². The zero-order valence-corrected chi connectivity index (χ0v) is 11.8. The van der Waals surface area contributed by atoms with Crippen molar-refractivity contribution in [3.05, 3.63) is 48.5 Å². The van der Waals surface area contributed by atoms with Crippen LogP contribution in [0.25, 0.3) is 11.1 Å². The Hall–Kier alpha value is -2.82. The number of aliphatic carboxylic acids is 1. The van der Waals surface area contributed by atoms with Crippen LogP contribution in [0.15, 0.2) is 48.5 Å². The maximum absolute atomic E-state index is 12.0. The standard InChI is InChI=1S/C17H15NO4/c19-15-7-6-12(11-4-2-1-3-5-11)8-14(15)18-10-13(17(21)22)9-16(18)20/h1-8,13,19H,9-10H2,(H,21,22). The first-order chi connectivity index (χ1) is 10.6. The number of carboxylic acids is 1. The smallest absolute Gasteiger partial charge is 0.308 e. The van der Waals surface area contributed by atoms with Gasteiger partial charge >= 0.3 is 5.97 Å². The van der Waals surface area contributed by atoms with Crippen LogP contribution in [0.5, 0.6) is 5.75 Å². The van der Waals surface area contributed by atoms with Gasteiger partial charge in [-0.2, -0.15) is 0 Å². The molecule has 22 heavy (non-hydrogen) atoms. The van der Waals surface area contributed by atoms with Crippen LogP contribution in [-0.2, 0) is 9.59 Å². The molecule has 0 bridgehead atoms. The molecule has 2 aromatic rings. The number of aromatic hydroxyl groups is 1. The van der Waals surface area contributed by atoms with E-state index in [4.69, 9.17) is 5.11 Å². The Bertz CT molecular complexity index is 727. The number of phenolic OH excluding ortho intramolecular Hbond substituents is 1. The summed E-state index contributed by atoms with van der Waals surface area (Å²) in [4.78, 5) is 24.4. The number of benzene rings is 2. The van der Waals surface area contributed by atoms with E-state index in [0.717, 1.165) is 11.1 Å². The van der Waals surface area contributed by atoms with Crippen LogP contribution in [0.2, 0.25) is 0 Å². The molecule has 5 heteroatoms. The fourth-order valence-corrected chi connectivity index (χ4v) is 2.66. The van der Waals surface area contributed by atoms with Gasteiger partial charge < -0.3 is 15.1 Å². The van der Waals surface area contributed by atoms with E-state index in [1.807, 2.05) is 30.3 Å². The third kappa shape index (κ3) is 2.53. The lowest BCUT2D eigenvalue weighted by atomic mass is 10.0. The second-order valence-corrected chi connectivity index (χ2v) is 5.31. The molecule has 1 atom stereocenters. The Morgan fingerprint density at radius 1 is 1.09 bits per heavy atom. The molecule has 0 radical (unpaired) electrons. The van der Waals surface area contributed by atoms with Gasteiger partial charge in [-0.25, -0.2) is 0 Å². The molecular weight excluding hydrogens is 282 g/mol. The number of amides is 1. The van der Waals surface area contributed by atoms with Crippen molar-refractivity contribution >= 4 is 17.6 Å². The van der Waals surface area contributed by atoms with Crippen LogP contribution in [-0.4, -0.2) is 28.6 Å². The number of rotatable bonds is 3. The molecule has 0 spiro atoms. The summed E-state index contributed by atoms with van der Waals surface area (Å²) in [5.41, 5.74) is 2.18. The number of anilines is 1. The molecule has 3 rings (SSSR count). The van der Waals surface area contributed by atoms with Gasteiger partial charge in [0.05, 0.1) is 11.6 Å². The molecule has 1 amide bonds. The van der Waals surface area contributed by atoms with Crippen molar-refractivity contribution in [3.63, 3.8) is 0 Å². The van der Waals surface area contributed by atoms with Gasteiger partial charge in [-0.05, 0) is 23.3 Å². The second kappa shape index (κ2) is 5.52. The lowest BCUT2D eigenvalue weighted by Crippen LogP contribution is -2.25. The summed E-state index contributed by atoms with van der Waals surface area (Å²) >= 11 is 0. The minimum atomic E-state index is -0.991. The number of hydrogen-bond donors (Lipinski definition) is 2. The maximum atomic E-state index is 12.0. The summed E-state index contributed by atoms with van der Waals surface area (Å²) in [5, 5.41) is 19.1. The first kappa shape index (κ1) is 14.1. The lowest BCUT2D eigenvalue weighted by Gasteiger charge is -2.18. The van der Waals surface area contributed by atoms with Crippen LogP contribution in [0, 0.1) is 5.92 Å². The van der Waals surface area contributed by atoms with Gasteiger partial charge in [0, 0.05) is 13.0 Å². The molecule has 112 valence electrons. The Balaban J connectivity index is 1.97. The third-order valence-corrected chi connectivity index (χ3v) is 3.85. The molecular formula is C17H15NO4. The van der Waals surface area contributed by atoms with Crippen molar-refractivity contribution in [1.82, 2.24) is 0 Å². The summed E-state index contributed by atoms with van der Waals surface area (Å²) in [5.74, 6) is -2.03. The highest BCUT2D eigenvalue weighted by Crippen LogP contribution is 2.35. The van der Waals surface area contributed by atoms with Crippen LogP contribution in [0.1, 0.15) is 6.42 Å². The number of phenols is 1. The number of nitrogens with zero attached hydrogens (tertiary/aromatic N) is 1. The minimum absolute atomic E-state index is 0.0286. The van der Waals surface area contributed by atoms with E-state index in [1.54, 1.807) is 12.1 Å². The highest BCUT2D eigenvalue weighted by atomic mass is 16.4. The van der Waals surface area contributed by atoms with Crippen molar-refractivity contribution in [3.8, 4) is 16.9 Å². The van der Waals surface area contributed by atoms with E-state index >= 15 is 0 Å². The van der Waals surface area contributed by atoms with Crippen molar-refractivity contribution in [2.45, 2.75) is 6.42 Å². The fraction of sp³-hybridized carbons (Fsp3) is 0.176. The summed E-state index contributed by atoms with van der Waals surface area (Å²) in [6, 6.07) is 14.6. The van der Waals surface area contributed by atoms with Gasteiger partial charge in [-0.15, -0.1) is 0 Å². The Kier molecular flexibility index (Phi) is 3.55. The Labute approximate surface area is 127 Å². The molecule has 0 aromatic heterocycles. The van der Waals surface area contributed by atoms with Gasteiger partial charge in [0.2, 0.25) is 5.91 Å². The molecule has 1 unspecified atom stereocenters. The molecule has 0 aliphatic carbocycles. The van der Waals surface area contributed by atoms with Gasteiger partial charge in [-0.1, -0.05) is 36.4 Å². The van der Waals surface area contributed by atoms with E-state index in [2.05, 4.69) is 0 Å². The number of carboxylic acid groups (broad SMARTS) is 1. The molecule has 2 aromatic carbocycles. The topological polar surface area (TPSA) is 77.8 Å². The molecule has 2 N–H and O–H groups in total. The SMILES string of the molecule is O=C(O)C1CC(=O)N(c2cc(-c3ccccc3)ccc2O)C1. The molecule has 1 heterocycles. The van der Waals surface area contributed by atoms with Crippen molar-refractivity contribution in [2.24, 2.45) is 5.92 Å². The largest absolute Gasteiger partial charge is 0.506 e. The molecule has 5 nitrogen and oxygen atoms in total. The van der Waals surface area contributed by atoms with Gasteiger partial charge in [0.15, 0.2) is 0 Å². The lowest BCUT2D eigenvalue weighted by molar-refractivity contribution is -0.141. The van der Waals surface area contributed by atoms with Crippen LogP contribution in [0.3, 0.4) is 0 Å². The van der Waals surface area contributed by atoms with E-state index < -0.39 is 11.9 Å². The number of hydrogen-bond acceptors (Lipinski definition) is 3. The normalized spacial score (nSPS) is 17.7. The van der Waals surface area contributed by atoms with Crippen LogP contribution >= 0.6 is 0 Å². The zero-order valence-electron chi connectivity index (χ0n) is 11.8. The molecule has 1 fully saturated rings. The molecule has 1 aliphatic heterocycles. The monoisotopic (exact) mass is 297 g/mol. The first-order valence-corrected chi connectivity index (χ1v) is 6.98. The van der Waals surface area contributed by atoms with E-state index in [-0.39, 0.29) is 24.6 Å². The van der Waals surface area contributed by atoms with Crippen molar-refractivity contribution in [2.75, 3.05) is 11.4 Å². The van der Waals surface area contributed by atoms with Crippen LogP contribution < -0.4 is 4.90 Å². The summed E-state index contributed by atoms with van der Waals surface area (Å²) in [7, 11) is 0. The average Bonchev–Trinajstić information content (AvgIpc) is 2.91. The predicted molar refractivity (Wildman–Crippen MR) is 81.6 cm³/mol. The van der Waals surface area contributed by atoms with E-state index in [0.29, 0.717) is 5.69 Å². The molecule has 1 saturated heterocycles. The van der Waals surface area contributed by atoms with Crippen LogP contribution in [0.4, 0.5) is 5.69 Å². The average molecular weight is 297 g/mol. The first-order valence-electron chi connectivity index (χ1n) is 6.98. The Morgan fingerprint density at radius 3 is 2.45 bits per heavy atom. The van der Waals surface area contributed by atoms with E-state index in [9.17, 15) is 14.7 Å². The second-order valence-electron chi connectivity index (χ2n) is 5.31. The third-order valence-electron chi connectivity index (χ3n) is 3.85. The van der Waals surface area contributed by atoms with Gasteiger partial charge in [0.25, 0.3) is 0 Å². The fourth-order valence-electron chi connectivity index (χ4n) is 2.66. The maximum Gasteiger partial charge on any atom is 0.308 e. The number of carbonyl (C=O) groups is 2. The number of carbonyl (C=O) groups excluding carboxylic acids is 1. The minimum Gasteiger partial charge on any atom is -0.506 e. The van der Waals surface area contributed by atoms with Crippen molar-refractivity contribution < 1.29 is 19.8 Å². The quantitative estimate of drug-likeness (QED) is 0.912. The van der Waals surface area contributed by atoms with Crippen molar-refractivity contribution in [1.29, 1.82) is 0 Å². The summed E-state index contributed by atoms with van der Waals surface area (Å²) < 4.78 is 0. The van der Waals surface area contributed by atoms with Gasteiger partial charge in [-0.3, -0.25) is 9.59 Å². The highest BCUT2D eigenvalue weighted by molar-refractivity contribution is 6.00. The zero-order chi connectivity index (χ0) is 15.7. The Morgan fingerprint density at radius 2 is 1.82 bits per heavy atom. The van der Waals surface area contributed by atoms with Gasteiger partial charge in [0.1, 0.15) is 5.75 Å². The summed E-state index contributed by atoms with van der Waals surface area (Å²) in [6.07, 6.45) is -0.0374. The highest BCUT2D eigenvalue weighted by Gasteiger charge is 2.36. The molecule has 1 aliphatic rings. The molecule has 0 saturated carbocycles. The summed E-state index contributed by atoms with van der Waals surface area (Å²) in [6.45, 7) is 0.0833. The predicted octanol–water partition coefficient (Wildman–Crippen LogP) is 2.50.